The van der Waals surface area contributed by atoms with Crippen molar-refractivity contribution in [3.05, 3.63) is 89.4 Å². The minimum absolute atomic E-state index is 0.0419. The smallest absolute Gasteiger partial charge is 0.264 e. The van der Waals surface area contributed by atoms with Crippen LogP contribution in [0.4, 0.5) is 10.8 Å². The first-order chi connectivity index (χ1) is 17.4. The minimum atomic E-state index is -4.08. The summed E-state index contributed by atoms with van der Waals surface area (Å²) in [4.78, 5) is 13.0. The Hall–Kier alpha value is -3.12. The van der Waals surface area contributed by atoms with E-state index in [0.29, 0.717) is 15.8 Å². The summed E-state index contributed by atoms with van der Waals surface area (Å²) in [6.07, 6.45) is 0. The van der Waals surface area contributed by atoms with Gasteiger partial charge in [0.25, 0.3) is 10.0 Å². The molecule has 1 N–H and O–H groups in total. The summed E-state index contributed by atoms with van der Waals surface area (Å²) in [5, 5.41) is 11.3. The van der Waals surface area contributed by atoms with Gasteiger partial charge in [-0.25, -0.2) is 8.42 Å². The van der Waals surface area contributed by atoms with Crippen molar-refractivity contribution in [3.8, 4) is 5.75 Å². The summed E-state index contributed by atoms with van der Waals surface area (Å²) in [5.74, 6) is 0.526. The number of thioether (sulfide) groups is 1. The number of carbonyl (C=O) groups excluding carboxylic acids is 1. The van der Waals surface area contributed by atoms with E-state index in [1.54, 1.807) is 24.3 Å². The SMILES string of the molecule is COc1ccc(N(CC(=O)Nc2nnc(SCc3ccccc3)s2)S(=O)(=O)c2ccccc2)cc1Cl. The van der Waals surface area contributed by atoms with E-state index in [4.69, 9.17) is 16.3 Å². The lowest BCUT2D eigenvalue weighted by Crippen LogP contribution is -2.38. The van der Waals surface area contributed by atoms with Crippen molar-refractivity contribution in [3.63, 3.8) is 0 Å². The first-order valence-electron chi connectivity index (χ1n) is 10.6. The lowest BCUT2D eigenvalue weighted by atomic mass is 10.2. The van der Waals surface area contributed by atoms with Crippen LogP contribution < -0.4 is 14.4 Å². The highest BCUT2D eigenvalue weighted by molar-refractivity contribution is 8.00. The number of nitrogens with one attached hydrogen (secondary N) is 1. The van der Waals surface area contributed by atoms with E-state index in [1.165, 1.54) is 54.5 Å². The molecule has 0 unspecified atom stereocenters. The van der Waals surface area contributed by atoms with Crippen LogP contribution in [-0.2, 0) is 20.6 Å². The molecule has 0 saturated carbocycles. The summed E-state index contributed by atoms with van der Waals surface area (Å²) < 4.78 is 33.8. The van der Waals surface area contributed by atoms with Crippen molar-refractivity contribution in [1.82, 2.24) is 10.2 Å². The van der Waals surface area contributed by atoms with Crippen molar-refractivity contribution < 1.29 is 17.9 Å². The maximum atomic E-state index is 13.5. The van der Waals surface area contributed by atoms with Crippen LogP contribution in [0.25, 0.3) is 0 Å². The molecule has 0 atom stereocenters. The maximum Gasteiger partial charge on any atom is 0.264 e. The van der Waals surface area contributed by atoms with Crippen LogP contribution in [0, 0.1) is 0 Å². The van der Waals surface area contributed by atoms with Crippen LogP contribution in [0.5, 0.6) is 5.75 Å². The van der Waals surface area contributed by atoms with Crippen LogP contribution in [0.2, 0.25) is 5.02 Å². The fraction of sp³-hybridized carbons (Fsp3) is 0.125. The van der Waals surface area contributed by atoms with Gasteiger partial charge in [-0.1, -0.05) is 83.2 Å². The molecule has 3 aromatic carbocycles. The topological polar surface area (TPSA) is 101 Å². The van der Waals surface area contributed by atoms with Gasteiger partial charge >= 0.3 is 0 Å². The zero-order valence-electron chi connectivity index (χ0n) is 19.0. The number of ether oxygens (including phenoxy) is 1. The van der Waals surface area contributed by atoms with Crippen molar-refractivity contribution in [2.24, 2.45) is 0 Å². The van der Waals surface area contributed by atoms with Gasteiger partial charge in [0, 0.05) is 5.75 Å². The molecule has 0 bridgehead atoms. The number of benzene rings is 3. The van der Waals surface area contributed by atoms with Crippen molar-refractivity contribution in [2.75, 3.05) is 23.3 Å². The average molecular weight is 561 g/mol. The van der Waals surface area contributed by atoms with Gasteiger partial charge in [0.1, 0.15) is 12.3 Å². The summed E-state index contributed by atoms with van der Waals surface area (Å²) in [6.45, 7) is -0.494. The molecule has 1 aromatic heterocycles. The molecular weight excluding hydrogens is 540 g/mol. The van der Waals surface area contributed by atoms with Crippen LogP contribution in [0.3, 0.4) is 0 Å². The van der Waals surface area contributed by atoms with E-state index in [0.717, 1.165) is 9.87 Å². The van der Waals surface area contributed by atoms with E-state index >= 15 is 0 Å². The number of amides is 1. The summed E-state index contributed by atoms with van der Waals surface area (Å²) in [7, 11) is -2.62. The third-order valence-electron chi connectivity index (χ3n) is 4.90. The second-order valence-corrected chi connectivity index (χ2v) is 11.8. The number of aromatic nitrogens is 2. The zero-order chi connectivity index (χ0) is 25.5. The third-order valence-corrected chi connectivity index (χ3v) is 9.03. The Morgan fingerprint density at radius 2 is 1.75 bits per heavy atom. The van der Waals surface area contributed by atoms with Crippen molar-refractivity contribution in [1.29, 1.82) is 0 Å². The molecule has 36 heavy (non-hydrogen) atoms. The number of methoxy groups -OCH3 is 1. The lowest BCUT2D eigenvalue weighted by molar-refractivity contribution is -0.114. The number of carbonyl (C=O) groups is 1. The van der Waals surface area contributed by atoms with Crippen LogP contribution >= 0.6 is 34.7 Å². The maximum absolute atomic E-state index is 13.5. The summed E-state index contributed by atoms with van der Waals surface area (Å²) >= 11 is 8.96. The van der Waals surface area contributed by atoms with Gasteiger partial charge in [0.2, 0.25) is 11.0 Å². The third kappa shape index (κ3) is 6.35. The summed E-state index contributed by atoms with van der Waals surface area (Å²) in [5.41, 5.74) is 1.36. The number of sulfonamides is 1. The first kappa shape index (κ1) is 26.0. The molecular formula is C24H21ClN4O4S3. The molecule has 0 fully saturated rings. The highest BCUT2D eigenvalue weighted by Gasteiger charge is 2.28. The Bertz CT molecular complexity index is 1430. The van der Waals surface area contributed by atoms with Gasteiger partial charge in [-0.3, -0.25) is 14.4 Å². The highest BCUT2D eigenvalue weighted by Crippen LogP contribution is 2.32. The van der Waals surface area contributed by atoms with Gasteiger partial charge < -0.3 is 4.74 Å². The molecule has 1 heterocycles. The first-order valence-corrected chi connectivity index (χ1v) is 14.2. The second-order valence-electron chi connectivity index (χ2n) is 7.34. The number of hydrogen-bond donors (Lipinski definition) is 1. The number of halogens is 1. The molecule has 4 rings (SSSR count). The predicted molar refractivity (Wildman–Crippen MR) is 144 cm³/mol. The number of rotatable bonds is 10. The minimum Gasteiger partial charge on any atom is -0.495 e. The molecule has 0 radical (unpaired) electrons. The zero-order valence-corrected chi connectivity index (χ0v) is 22.2. The van der Waals surface area contributed by atoms with Crippen LogP contribution in [-0.4, -0.2) is 38.2 Å². The molecule has 4 aromatic rings. The van der Waals surface area contributed by atoms with E-state index in [-0.39, 0.29) is 20.7 Å². The molecule has 0 saturated heterocycles. The molecule has 1 amide bonds. The van der Waals surface area contributed by atoms with Crippen LogP contribution in [0.15, 0.2) is 88.1 Å². The highest BCUT2D eigenvalue weighted by atomic mass is 35.5. The fourth-order valence-electron chi connectivity index (χ4n) is 3.17. The quantitative estimate of drug-likeness (QED) is 0.207. The number of nitrogens with zero attached hydrogens (tertiary/aromatic N) is 3. The van der Waals surface area contributed by atoms with Crippen molar-refractivity contribution in [2.45, 2.75) is 15.0 Å². The lowest BCUT2D eigenvalue weighted by Gasteiger charge is -2.24. The standard InChI is InChI=1S/C24H21ClN4O4S3/c1-33-21-13-12-18(14-20(21)25)29(36(31,32)19-10-6-3-7-11-19)15-22(30)26-23-27-28-24(35-23)34-16-17-8-4-2-5-9-17/h2-14H,15-16H2,1H3,(H,26,27,30). The van der Waals surface area contributed by atoms with Gasteiger partial charge in [0.05, 0.1) is 22.7 Å². The molecule has 186 valence electrons. The Morgan fingerprint density at radius 3 is 2.42 bits per heavy atom. The molecule has 0 aliphatic rings. The molecule has 12 heteroatoms. The predicted octanol–water partition coefficient (Wildman–Crippen LogP) is 5.33. The van der Waals surface area contributed by atoms with Gasteiger partial charge in [-0.2, -0.15) is 0 Å². The number of anilines is 2. The molecule has 8 nitrogen and oxygen atoms in total. The van der Waals surface area contributed by atoms with Crippen LogP contribution in [0.1, 0.15) is 5.56 Å². The van der Waals surface area contributed by atoms with Crippen molar-refractivity contribution >= 4 is 61.4 Å². The fourth-order valence-corrected chi connectivity index (χ4v) is 6.58. The van der Waals surface area contributed by atoms with E-state index in [2.05, 4.69) is 15.5 Å². The molecule has 0 aliphatic carbocycles. The summed E-state index contributed by atoms with van der Waals surface area (Å²) in [6, 6.07) is 22.3. The number of hydrogen-bond acceptors (Lipinski definition) is 8. The normalized spacial score (nSPS) is 11.2. The Morgan fingerprint density at radius 1 is 1.06 bits per heavy atom. The van der Waals surface area contributed by atoms with Gasteiger partial charge in [-0.15, -0.1) is 10.2 Å². The van der Waals surface area contributed by atoms with E-state index < -0.39 is 22.5 Å². The Labute approximate surface area is 222 Å². The largest absolute Gasteiger partial charge is 0.495 e. The monoisotopic (exact) mass is 560 g/mol. The van der Waals surface area contributed by atoms with Gasteiger partial charge in [0.15, 0.2) is 4.34 Å². The Balaban J connectivity index is 1.52. The second kappa shape index (κ2) is 11.7. The van der Waals surface area contributed by atoms with E-state index in [9.17, 15) is 13.2 Å². The van der Waals surface area contributed by atoms with Gasteiger partial charge in [-0.05, 0) is 35.9 Å². The molecule has 0 spiro atoms. The Kier molecular flexibility index (Phi) is 8.47. The van der Waals surface area contributed by atoms with E-state index in [1.807, 2.05) is 30.3 Å². The average Bonchev–Trinajstić information content (AvgIpc) is 3.34. The molecule has 0 aliphatic heterocycles.